The molecule has 1 N–H and O–H groups in total. The van der Waals surface area contributed by atoms with Crippen LogP contribution in [0.25, 0.3) is 0 Å². The van der Waals surface area contributed by atoms with Crippen molar-refractivity contribution in [2.24, 2.45) is 5.92 Å². The third-order valence-electron chi connectivity index (χ3n) is 4.04. The minimum Gasteiger partial charge on any atom is -0.381 e. The van der Waals surface area contributed by atoms with Crippen LogP contribution in [0, 0.1) is 5.92 Å². The molecule has 0 saturated carbocycles. The van der Waals surface area contributed by atoms with E-state index in [9.17, 15) is 0 Å². The van der Waals surface area contributed by atoms with Crippen molar-refractivity contribution in [3.63, 3.8) is 0 Å². The molecule has 2 aliphatic heterocycles. The summed E-state index contributed by atoms with van der Waals surface area (Å²) < 4.78 is 5.44. The van der Waals surface area contributed by atoms with Crippen LogP contribution in [0.3, 0.4) is 0 Å². The first-order valence-electron chi connectivity index (χ1n) is 7.23. The monoisotopic (exact) mass is 262 g/mol. The van der Waals surface area contributed by atoms with E-state index in [2.05, 4.69) is 20.2 Å². The minimum absolute atomic E-state index is 0.535. The van der Waals surface area contributed by atoms with E-state index in [1.807, 2.05) is 0 Å². The average Bonchev–Trinajstić information content (AvgIpc) is 2.95. The highest BCUT2D eigenvalue weighted by Crippen LogP contribution is 2.19. The Bertz CT molecular complexity index is 372. The zero-order valence-corrected chi connectivity index (χ0v) is 11.3. The van der Waals surface area contributed by atoms with Gasteiger partial charge in [-0.05, 0) is 25.2 Å². The van der Waals surface area contributed by atoms with Crippen molar-refractivity contribution >= 4 is 5.82 Å². The fraction of sp³-hybridized carbons (Fsp3) is 0.714. The Morgan fingerprint density at radius 2 is 2.16 bits per heavy atom. The number of nitrogens with one attached hydrogen (secondary N) is 1. The number of anilines is 1. The lowest BCUT2D eigenvalue weighted by atomic mass is 10.0. The van der Waals surface area contributed by atoms with Crippen molar-refractivity contribution in [3.8, 4) is 0 Å². The first-order valence-corrected chi connectivity index (χ1v) is 7.23. The molecule has 2 fully saturated rings. The molecule has 5 heteroatoms. The Hall–Kier alpha value is -1.20. The van der Waals surface area contributed by atoms with E-state index < -0.39 is 0 Å². The van der Waals surface area contributed by atoms with E-state index in [-0.39, 0.29) is 0 Å². The third kappa shape index (κ3) is 3.64. The first kappa shape index (κ1) is 12.8. The number of hydrogen-bond donors (Lipinski definition) is 1. The van der Waals surface area contributed by atoms with Crippen molar-refractivity contribution in [1.82, 2.24) is 14.9 Å². The van der Waals surface area contributed by atoms with Crippen molar-refractivity contribution in [3.05, 3.63) is 18.6 Å². The fourth-order valence-corrected chi connectivity index (χ4v) is 2.94. The molecule has 0 bridgehead atoms. The summed E-state index contributed by atoms with van der Waals surface area (Å²) in [5.74, 6) is 1.65. The molecule has 2 saturated heterocycles. The Kier molecular flexibility index (Phi) is 4.25. The normalized spacial score (nSPS) is 25.6. The lowest BCUT2D eigenvalue weighted by molar-refractivity contribution is 0.154. The van der Waals surface area contributed by atoms with E-state index in [1.54, 1.807) is 18.6 Å². The van der Waals surface area contributed by atoms with Crippen LogP contribution >= 0.6 is 0 Å². The summed E-state index contributed by atoms with van der Waals surface area (Å²) in [5.41, 5.74) is 0. The van der Waals surface area contributed by atoms with E-state index in [4.69, 9.17) is 4.74 Å². The molecule has 19 heavy (non-hydrogen) atoms. The zero-order valence-electron chi connectivity index (χ0n) is 11.3. The van der Waals surface area contributed by atoms with Gasteiger partial charge in [0.05, 0.1) is 12.8 Å². The molecule has 0 aromatic carbocycles. The van der Waals surface area contributed by atoms with Gasteiger partial charge in [-0.15, -0.1) is 0 Å². The number of rotatable bonds is 4. The summed E-state index contributed by atoms with van der Waals surface area (Å²) >= 11 is 0. The summed E-state index contributed by atoms with van der Waals surface area (Å²) in [5, 5.41) is 3.47. The highest BCUT2D eigenvalue weighted by atomic mass is 16.5. The highest BCUT2D eigenvalue weighted by molar-refractivity contribution is 5.31. The predicted molar refractivity (Wildman–Crippen MR) is 74.0 cm³/mol. The molecule has 1 atom stereocenters. The van der Waals surface area contributed by atoms with Crippen LogP contribution in [0.1, 0.15) is 19.3 Å². The maximum atomic E-state index is 5.44. The fourth-order valence-electron chi connectivity index (χ4n) is 2.94. The van der Waals surface area contributed by atoms with Gasteiger partial charge in [-0.2, -0.15) is 0 Å². The molecule has 0 amide bonds. The topological polar surface area (TPSA) is 50.3 Å². The molecular weight excluding hydrogens is 240 g/mol. The van der Waals surface area contributed by atoms with Crippen molar-refractivity contribution in [2.45, 2.75) is 25.3 Å². The standard InChI is InChI=1S/C14H22N4O/c1-6-18(10-12-3-8-19-11-12)7-2-13(1)17-14-9-15-4-5-16-14/h4-5,9,12-13H,1-3,6-8,10-11H2,(H,16,17). The quantitative estimate of drug-likeness (QED) is 0.888. The van der Waals surface area contributed by atoms with Crippen molar-refractivity contribution in [1.29, 1.82) is 0 Å². The summed E-state index contributed by atoms with van der Waals surface area (Å²) in [6.45, 7) is 5.47. The zero-order chi connectivity index (χ0) is 12.9. The molecule has 104 valence electrons. The number of likely N-dealkylation sites (tertiary alicyclic amines) is 1. The largest absolute Gasteiger partial charge is 0.381 e. The second-order valence-electron chi connectivity index (χ2n) is 5.54. The van der Waals surface area contributed by atoms with Gasteiger partial charge < -0.3 is 15.0 Å². The van der Waals surface area contributed by atoms with Crippen LogP contribution < -0.4 is 5.32 Å². The number of nitrogens with zero attached hydrogens (tertiary/aromatic N) is 3. The van der Waals surface area contributed by atoms with Gasteiger partial charge in [-0.1, -0.05) is 0 Å². The Morgan fingerprint density at radius 3 is 2.84 bits per heavy atom. The highest BCUT2D eigenvalue weighted by Gasteiger charge is 2.23. The van der Waals surface area contributed by atoms with Crippen LogP contribution in [0.5, 0.6) is 0 Å². The molecule has 1 unspecified atom stereocenters. The van der Waals surface area contributed by atoms with Crippen molar-refractivity contribution < 1.29 is 4.74 Å². The van der Waals surface area contributed by atoms with Gasteiger partial charge >= 0.3 is 0 Å². The van der Waals surface area contributed by atoms with E-state index in [1.165, 1.54) is 38.9 Å². The number of piperidine rings is 1. The van der Waals surface area contributed by atoms with Gasteiger partial charge in [-0.25, -0.2) is 4.98 Å². The lowest BCUT2D eigenvalue weighted by Gasteiger charge is -2.33. The molecule has 3 rings (SSSR count). The SMILES string of the molecule is c1cnc(NC2CCN(CC3CCOC3)CC2)cn1. The Morgan fingerprint density at radius 1 is 1.26 bits per heavy atom. The van der Waals surface area contributed by atoms with Gasteiger partial charge in [0.15, 0.2) is 0 Å². The molecular formula is C14H22N4O. The molecule has 2 aliphatic rings. The average molecular weight is 262 g/mol. The van der Waals surface area contributed by atoms with Gasteiger partial charge in [0.1, 0.15) is 5.82 Å². The molecule has 0 spiro atoms. The summed E-state index contributed by atoms with van der Waals surface area (Å²) in [7, 11) is 0. The number of aromatic nitrogens is 2. The summed E-state index contributed by atoms with van der Waals surface area (Å²) in [4.78, 5) is 10.9. The smallest absolute Gasteiger partial charge is 0.144 e. The third-order valence-corrected chi connectivity index (χ3v) is 4.04. The van der Waals surface area contributed by atoms with Gasteiger partial charge in [0, 0.05) is 44.7 Å². The number of hydrogen-bond acceptors (Lipinski definition) is 5. The van der Waals surface area contributed by atoms with Crippen LogP contribution in [0.2, 0.25) is 0 Å². The molecule has 5 nitrogen and oxygen atoms in total. The second-order valence-corrected chi connectivity index (χ2v) is 5.54. The number of ether oxygens (including phenoxy) is 1. The van der Waals surface area contributed by atoms with E-state index in [0.29, 0.717) is 6.04 Å². The maximum Gasteiger partial charge on any atom is 0.144 e. The predicted octanol–water partition coefficient (Wildman–Crippen LogP) is 1.39. The summed E-state index contributed by atoms with van der Waals surface area (Å²) in [6, 6.07) is 0.535. The van der Waals surface area contributed by atoms with E-state index in [0.717, 1.165) is 24.9 Å². The molecule has 0 radical (unpaired) electrons. The molecule has 1 aromatic rings. The van der Waals surface area contributed by atoms with Crippen LogP contribution in [0.4, 0.5) is 5.82 Å². The second kappa shape index (κ2) is 6.30. The maximum absolute atomic E-state index is 5.44. The molecule has 3 heterocycles. The van der Waals surface area contributed by atoms with Crippen LogP contribution in [-0.4, -0.2) is 53.8 Å². The van der Waals surface area contributed by atoms with Gasteiger partial charge in [0.25, 0.3) is 0 Å². The van der Waals surface area contributed by atoms with Crippen molar-refractivity contribution in [2.75, 3.05) is 38.2 Å². The van der Waals surface area contributed by atoms with Crippen LogP contribution in [-0.2, 0) is 4.74 Å². The lowest BCUT2D eigenvalue weighted by Crippen LogP contribution is -2.41. The Balaban J connectivity index is 1.41. The minimum atomic E-state index is 0.535. The summed E-state index contributed by atoms with van der Waals surface area (Å²) in [6.07, 6.45) is 8.84. The van der Waals surface area contributed by atoms with E-state index >= 15 is 0 Å². The first-order chi connectivity index (χ1) is 9.40. The Labute approximate surface area is 114 Å². The van der Waals surface area contributed by atoms with Gasteiger partial charge in [-0.3, -0.25) is 4.98 Å². The molecule has 0 aliphatic carbocycles. The molecule has 1 aromatic heterocycles. The van der Waals surface area contributed by atoms with Gasteiger partial charge in [0.2, 0.25) is 0 Å². The van der Waals surface area contributed by atoms with Crippen LogP contribution in [0.15, 0.2) is 18.6 Å².